The van der Waals surface area contributed by atoms with Gasteiger partial charge in [-0.2, -0.15) is 0 Å². The minimum atomic E-state index is -0.257. The van der Waals surface area contributed by atoms with E-state index in [1.165, 1.54) is 12.1 Å². The van der Waals surface area contributed by atoms with Crippen molar-refractivity contribution in [1.82, 2.24) is 10.6 Å². The van der Waals surface area contributed by atoms with Crippen molar-refractivity contribution in [2.24, 2.45) is 5.92 Å². The summed E-state index contributed by atoms with van der Waals surface area (Å²) in [5.41, 5.74) is 0.923. The Morgan fingerprint density at radius 1 is 1.47 bits per heavy atom. The fourth-order valence-corrected chi connectivity index (χ4v) is 1.89. The summed E-state index contributed by atoms with van der Waals surface area (Å²) in [6.07, 6.45) is 0.568. The van der Waals surface area contributed by atoms with Gasteiger partial charge in [0.05, 0.1) is 6.04 Å². The lowest BCUT2D eigenvalue weighted by molar-refractivity contribution is -0.123. The first kappa shape index (κ1) is 12.0. The summed E-state index contributed by atoms with van der Waals surface area (Å²) >= 11 is 0. The van der Waals surface area contributed by atoms with Gasteiger partial charge in [-0.1, -0.05) is 12.1 Å². The minimum Gasteiger partial charge on any atom is -0.350 e. The van der Waals surface area contributed by atoms with Gasteiger partial charge >= 0.3 is 0 Å². The van der Waals surface area contributed by atoms with E-state index in [0.717, 1.165) is 18.7 Å². The molecule has 92 valence electrons. The second kappa shape index (κ2) is 5.27. The molecular weight excluding hydrogens is 219 g/mol. The largest absolute Gasteiger partial charge is 0.350 e. The summed E-state index contributed by atoms with van der Waals surface area (Å²) < 4.78 is 12.7. The van der Waals surface area contributed by atoms with Crippen molar-refractivity contribution >= 4 is 5.91 Å². The molecule has 4 heteroatoms. The third-order valence-corrected chi connectivity index (χ3v) is 3.09. The summed E-state index contributed by atoms with van der Waals surface area (Å²) in [7, 11) is 0. The number of rotatable bonds is 4. The molecule has 0 bridgehead atoms. The first-order valence-electron chi connectivity index (χ1n) is 5.90. The SMILES string of the molecule is CC(NC(=O)CC1CNC1)c1ccc(F)cc1. The van der Waals surface area contributed by atoms with Gasteiger partial charge in [-0.3, -0.25) is 4.79 Å². The molecule has 2 N–H and O–H groups in total. The van der Waals surface area contributed by atoms with Gasteiger partial charge in [-0.05, 0) is 43.6 Å². The topological polar surface area (TPSA) is 41.1 Å². The molecule has 1 fully saturated rings. The molecule has 1 saturated heterocycles. The van der Waals surface area contributed by atoms with Crippen molar-refractivity contribution < 1.29 is 9.18 Å². The highest BCUT2D eigenvalue weighted by atomic mass is 19.1. The summed E-state index contributed by atoms with van der Waals surface area (Å²) in [5.74, 6) is 0.275. The van der Waals surface area contributed by atoms with E-state index in [1.807, 2.05) is 6.92 Å². The normalized spacial score (nSPS) is 17.3. The average Bonchev–Trinajstić information content (AvgIpc) is 2.24. The van der Waals surface area contributed by atoms with E-state index in [2.05, 4.69) is 10.6 Å². The van der Waals surface area contributed by atoms with Crippen molar-refractivity contribution in [3.63, 3.8) is 0 Å². The number of hydrogen-bond acceptors (Lipinski definition) is 2. The van der Waals surface area contributed by atoms with Crippen molar-refractivity contribution in [2.45, 2.75) is 19.4 Å². The van der Waals surface area contributed by atoms with Crippen LogP contribution in [0, 0.1) is 11.7 Å². The molecule has 17 heavy (non-hydrogen) atoms. The zero-order valence-corrected chi connectivity index (χ0v) is 9.87. The van der Waals surface area contributed by atoms with Crippen molar-refractivity contribution in [2.75, 3.05) is 13.1 Å². The molecule has 1 amide bonds. The molecule has 1 aliphatic heterocycles. The quantitative estimate of drug-likeness (QED) is 0.834. The van der Waals surface area contributed by atoms with E-state index >= 15 is 0 Å². The highest BCUT2D eigenvalue weighted by Crippen LogP contribution is 2.14. The lowest BCUT2D eigenvalue weighted by Crippen LogP contribution is -2.44. The summed E-state index contributed by atoms with van der Waals surface area (Å²) in [6.45, 7) is 3.76. The van der Waals surface area contributed by atoms with Crippen LogP contribution in [-0.2, 0) is 4.79 Å². The molecule has 1 unspecified atom stereocenters. The average molecular weight is 236 g/mol. The molecule has 1 aromatic carbocycles. The first-order chi connectivity index (χ1) is 8.15. The number of halogens is 1. The Labute approximate surface area is 100 Å². The molecule has 1 aromatic rings. The van der Waals surface area contributed by atoms with Crippen LogP contribution >= 0.6 is 0 Å². The Hall–Kier alpha value is -1.42. The van der Waals surface area contributed by atoms with E-state index in [4.69, 9.17) is 0 Å². The Bertz CT molecular complexity index is 387. The molecule has 3 nitrogen and oxygen atoms in total. The number of hydrogen-bond donors (Lipinski definition) is 2. The van der Waals surface area contributed by atoms with E-state index in [-0.39, 0.29) is 17.8 Å². The predicted molar refractivity (Wildman–Crippen MR) is 63.9 cm³/mol. The second-order valence-electron chi connectivity index (χ2n) is 4.57. The van der Waals surface area contributed by atoms with Gasteiger partial charge in [0, 0.05) is 6.42 Å². The molecule has 0 aliphatic carbocycles. The van der Waals surface area contributed by atoms with Crippen LogP contribution in [0.2, 0.25) is 0 Å². The summed E-state index contributed by atoms with van der Waals surface area (Å²) in [5, 5.41) is 6.06. The third kappa shape index (κ3) is 3.27. The Balaban J connectivity index is 1.84. The van der Waals surface area contributed by atoms with Crippen LogP contribution < -0.4 is 10.6 Å². The number of nitrogens with one attached hydrogen (secondary N) is 2. The van der Waals surface area contributed by atoms with Crippen LogP contribution in [0.25, 0.3) is 0 Å². The highest BCUT2D eigenvalue weighted by Gasteiger charge is 2.20. The molecule has 2 rings (SSSR count). The van der Waals surface area contributed by atoms with Crippen LogP contribution in [0.5, 0.6) is 0 Å². The lowest BCUT2D eigenvalue weighted by atomic mass is 9.98. The maximum absolute atomic E-state index is 12.7. The number of carbonyl (C=O) groups is 1. The lowest BCUT2D eigenvalue weighted by Gasteiger charge is -2.27. The van der Waals surface area contributed by atoms with Crippen LogP contribution in [0.4, 0.5) is 4.39 Å². The molecule has 0 saturated carbocycles. The van der Waals surface area contributed by atoms with E-state index in [0.29, 0.717) is 12.3 Å². The molecule has 0 radical (unpaired) electrons. The fraction of sp³-hybridized carbons (Fsp3) is 0.462. The standard InChI is InChI=1S/C13H17FN2O/c1-9(11-2-4-12(14)5-3-11)16-13(17)6-10-7-15-8-10/h2-5,9-10,15H,6-8H2,1H3,(H,16,17). The van der Waals surface area contributed by atoms with Crippen LogP contribution in [0.1, 0.15) is 24.9 Å². The molecule has 0 spiro atoms. The van der Waals surface area contributed by atoms with Gasteiger partial charge in [0.15, 0.2) is 0 Å². The van der Waals surface area contributed by atoms with Gasteiger partial charge in [-0.25, -0.2) is 4.39 Å². The van der Waals surface area contributed by atoms with Gasteiger partial charge < -0.3 is 10.6 Å². The molecule has 0 aromatic heterocycles. The summed E-state index contributed by atoms with van der Waals surface area (Å²) in [4.78, 5) is 11.7. The Morgan fingerprint density at radius 2 is 2.12 bits per heavy atom. The highest BCUT2D eigenvalue weighted by molar-refractivity contribution is 5.76. The molecule has 1 heterocycles. The Kier molecular flexibility index (Phi) is 3.74. The van der Waals surface area contributed by atoms with Crippen LogP contribution in [0.15, 0.2) is 24.3 Å². The van der Waals surface area contributed by atoms with E-state index in [1.54, 1.807) is 12.1 Å². The van der Waals surface area contributed by atoms with Gasteiger partial charge in [-0.15, -0.1) is 0 Å². The van der Waals surface area contributed by atoms with Crippen LogP contribution in [0.3, 0.4) is 0 Å². The molecular formula is C13H17FN2O. The van der Waals surface area contributed by atoms with Crippen molar-refractivity contribution in [1.29, 1.82) is 0 Å². The summed E-state index contributed by atoms with van der Waals surface area (Å²) in [6, 6.07) is 6.15. The number of amides is 1. The van der Waals surface area contributed by atoms with Crippen LogP contribution in [-0.4, -0.2) is 19.0 Å². The first-order valence-corrected chi connectivity index (χ1v) is 5.90. The zero-order valence-electron chi connectivity index (χ0n) is 9.87. The molecule has 1 aliphatic rings. The zero-order chi connectivity index (χ0) is 12.3. The maximum Gasteiger partial charge on any atom is 0.220 e. The smallest absolute Gasteiger partial charge is 0.220 e. The number of carbonyl (C=O) groups excluding carboxylic acids is 1. The third-order valence-electron chi connectivity index (χ3n) is 3.09. The number of benzene rings is 1. The maximum atomic E-state index is 12.7. The fourth-order valence-electron chi connectivity index (χ4n) is 1.89. The monoisotopic (exact) mass is 236 g/mol. The van der Waals surface area contributed by atoms with Gasteiger partial charge in [0.1, 0.15) is 5.82 Å². The van der Waals surface area contributed by atoms with Crippen molar-refractivity contribution in [3.05, 3.63) is 35.6 Å². The van der Waals surface area contributed by atoms with E-state index in [9.17, 15) is 9.18 Å². The second-order valence-corrected chi connectivity index (χ2v) is 4.57. The molecule has 1 atom stereocenters. The van der Waals surface area contributed by atoms with Gasteiger partial charge in [0.25, 0.3) is 0 Å². The van der Waals surface area contributed by atoms with E-state index < -0.39 is 0 Å². The van der Waals surface area contributed by atoms with Gasteiger partial charge in [0.2, 0.25) is 5.91 Å². The predicted octanol–water partition coefficient (Wildman–Crippen LogP) is 1.61. The van der Waals surface area contributed by atoms with Crippen molar-refractivity contribution in [3.8, 4) is 0 Å². The Morgan fingerprint density at radius 3 is 2.65 bits per heavy atom. The minimum absolute atomic E-state index is 0.0633.